The Balaban J connectivity index is 1.45. The van der Waals surface area contributed by atoms with E-state index in [1.807, 2.05) is 0 Å². The highest BCUT2D eigenvalue weighted by Crippen LogP contribution is 2.45. The van der Waals surface area contributed by atoms with E-state index in [4.69, 9.17) is 4.74 Å². The number of rotatable bonds is 5. The lowest BCUT2D eigenvalue weighted by Gasteiger charge is -2.49. The molecule has 1 aromatic carbocycles. The fraction of sp³-hybridized carbons (Fsp3) is 0.611. The summed E-state index contributed by atoms with van der Waals surface area (Å²) in [7, 11) is -3.26. The average Bonchev–Trinajstić information content (AvgIpc) is 3.30. The minimum Gasteiger partial charge on any atom is -0.381 e. The summed E-state index contributed by atoms with van der Waals surface area (Å²) in [6.07, 6.45) is 2.97. The van der Waals surface area contributed by atoms with Crippen LogP contribution in [0.2, 0.25) is 0 Å². The third-order valence-corrected chi connectivity index (χ3v) is 8.38. The molecule has 1 spiro atoms. The van der Waals surface area contributed by atoms with Gasteiger partial charge in [-0.2, -0.15) is 0 Å². The summed E-state index contributed by atoms with van der Waals surface area (Å²) < 4.78 is 43.8. The fourth-order valence-electron chi connectivity index (χ4n) is 3.92. The maximum absolute atomic E-state index is 13.8. The molecule has 3 aliphatic rings. The zero-order chi connectivity index (χ0) is 17.7. The summed E-state index contributed by atoms with van der Waals surface area (Å²) in [5, 5.41) is 0. The zero-order valence-corrected chi connectivity index (χ0v) is 14.8. The fourth-order valence-corrected chi connectivity index (χ4v) is 6.32. The Morgan fingerprint density at radius 3 is 2.60 bits per heavy atom. The van der Waals surface area contributed by atoms with Crippen LogP contribution in [0.15, 0.2) is 24.3 Å². The van der Waals surface area contributed by atoms with Crippen LogP contribution in [-0.2, 0) is 14.6 Å². The molecule has 5 nitrogen and oxygen atoms in total. The van der Waals surface area contributed by atoms with E-state index < -0.39 is 26.3 Å². The first-order valence-electron chi connectivity index (χ1n) is 8.77. The van der Waals surface area contributed by atoms with Crippen LogP contribution >= 0.6 is 0 Å². The van der Waals surface area contributed by atoms with Crippen molar-refractivity contribution in [3.05, 3.63) is 35.6 Å². The number of halogens is 1. The Kier molecular flexibility index (Phi) is 4.11. The molecular formula is C18H22FNO4S. The van der Waals surface area contributed by atoms with Crippen molar-refractivity contribution in [2.24, 2.45) is 11.8 Å². The van der Waals surface area contributed by atoms with Gasteiger partial charge in [0.2, 0.25) is 0 Å². The van der Waals surface area contributed by atoms with Gasteiger partial charge in [0.1, 0.15) is 10.6 Å². The SMILES string of the molecule is O=C(c1ccccc1F)N1CC2(C1)[C@@H](COCC1CC1)CCS2(=O)=O. The summed E-state index contributed by atoms with van der Waals surface area (Å²) in [6, 6.07) is 5.80. The van der Waals surface area contributed by atoms with Crippen molar-refractivity contribution >= 4 is 15.7 Å². The topological polar surface area (TPSA) is 63.7 Å². The molecule has 0 radical (unpaired) electrons. The van der Waals surface area contributed by atoms with Crippen LogP contribution in [0.5, 0.6) is 0 Å². The van der Waals surface area contributed by atoms with Gasteiger partial charge >= 0.3 is 0 Å². The van der Waals surface area contributed by atoms with E-state index >= 15 is 0 Å². The van der Waals surface area contributed by atoms with Crippen molar-refractivity contribution in [1.29, 1.82) is 0 Å². The minimum atomic E-state index is -3.26. The summed E-state index contributed by atoms with van der Waals surface area (Å²) in [6.45, 7) is 1.40. The molecule has 25 heavy (non-hydrogen) atoms. The Bertz CT molecular complexity index is 784. The third-order valence-electron chi connectivity index (χ3n) is 5.78. The third kappa shape index (κ3) is 2.87. The van der Waals surface area contributed by atoms with Crippen molar-refractivity contribution < 1.29 is 22.3 Å². The second-order valence-electron chi connectivity index (χ2n) is 7.49. The Labute approximate surface area is 147 Å². The van der Waals surface area contributed by atoms with Crippen LogP contribution in [0.3, 0.4) is 0 Å². The van der Waals surface area contributed by atoms with Gasteiger partial charge in [-0.25, -0.2) is 12.8 Å². The van der Waals surface area contributed by atoms with Gasteiger partial charge < -0.3 is 9.64 Å². The maximum atomic E-state index is 13.8. The molecule has 4 rings (SSSR count). The van der Waals surface area contributed by atoms with Crippen molar-refractivity contribution in [3.63, 3.8) is 0 Å². The molecule has 136 valence electrons. The van der Waals surface area contributed by atoms with Gasteiger partial charge in [0.05, 0.1) is 17.9 Å². The summed E-state index contributed by atoms with van der Waals surface area (Å²) in [4.78, 5) is 13.9. The molecule has 1 atom stereocenters. The highest BCUT2D eigenvalue weighted by molar-refractivity contribution is 7.93. The lowest BCUT2D eigenvalue weighted by molar-refractivity contribution is 0.0226. The predicted molar refractivity (Wildman–Crippen MR) is 90.5 cm³/mol. The molecule has 2 saturated heterocycles. The molecule has 1 saturated carbocycles. The van der Waals surface area contributed by atoms with E-state index in [9.17, 15) is 17.6 Å². The summed E-state index contributed by atoms with van der Waals surface area (Å²) >= 11 is 0. The number of carbonyl (C=O) groups excluding carboxylic acids is 1. The molecule has 2 aliphatic heterocycles. The van der Waals surface area contributed by atoms with E-state index in [-0.39, 0.29) is 30.3 Å². The molecule has 3 fully saturated rings. The van der Waals surface area contributed by atoms with Crippen molar-refractivity contribution in [2.45, 2.75) is 24.0 Å². The molecule has 0 bridgehead atoms. The van der Waals surface area contributed by atoms with E-state index in [2.05, 4.69) is 0 Å². The molecular weight excluding hydrogens is 345 g/mol. The van der Waals surface area contributed by atoms with Gasteiger partial charge in [0.25, 0.3) is 5.91 Å². The number of benzene rings is 1. The molecule has 0 unspecified atom stereocenters. The molecule has 1 aromatic rings. The average molecular weight is 367 g/mol. The van der Waals surface area contributed by atoms with E-state index in [0.717, 1.165) is 0 Å². The van der Waals surface area contributed by atoms with Crippen molar-refractivity contribution in [1.82, 2.24) is 4.90 Å². The number of carbonyl (C=O) groups is 1. The zero-order valence-electron chi connectivity index (χ0n) is 14.0. The van der Waals surface area contributed by atoms with Crippen LogP contribution in [0.1, 0.15) is 29.6 Å². The summed E-state index contributed by atoms with van der Waals surface area (Å²) in [5.41, 5.74) is -0.00530. The Morgan fingerprint density at radius 1 is 1.20 bits per heavy atom. The first-order valence-corrected chi connectivity index (χ1v) is 10.4. The second kappa shape index (κ2) is 6.06. The molecule has 0 aromatic heterocycles. The van der Waals surface area contributed by atoms with E-state index in [1.54, 1.807) is 6.07 Å². The number of ether oxygens (including phenoxy) is 1. The highest BCUT2D eigenvalue weighted by atomic mass is 32.2. The van der Waals surface area contributed by atoms with Gasteiger partial charge in [-0.15, -0.1) is 0 Å². The first kappa shape index (κ1) is 17.0. The van der Waals surface area contributed by atoms with Crippen LogP contribution < -0.4 is 0 Å². The van der Waals surface area contributed by atoms with Crippen molar-refractivity contribution in [2.75, 3.05) is 32.1 Å². The molecule has 7 heteroatoms. The highest BCUT2D eigenvalue weighted by Gasteiger charge is 2.62. The molecule has 1 aliphatic carbocycles. The number of hydrogen-bond donors (Lipinski definition) is 0. The van der Waals surface area contributed by atoms with Crippen LogP contribution in [0.4, 0.5) is 4.39 Å². The van der Waals surface area contributed by atoms with Crippen LogP contribution in [-0.4, -0.2) is 56.0 Å². The lowest BCUT2D eigenvalue weighted by atomic mass is 9.83. The smallest absolute Gasteiger partial charge is 0.256 e. The lowest BCUT2D eigenvalue weighted by Crippen LogP contribution is -2.68. The normalized spacial score (nSPS) is 26.6. The summed E-state index contributed by atoms with van der Waals surface area (Å²) in [5.74, 6) is -0.322. The number of nitrogens with zero attached hydrogens (tertiary/aromatic N) is 1. The monoisotopic (exact) mass is 367 g/mol. The molecule has 2 heterocycles. The standard InChI is InChI=1S/C18H22FNO4S/c19-16-4-2-1-3-15(16)17(21)20-11-18(12-20)14(7-8-25(18,22)23)10-24-9-13-5-6-13/h1-4,13-14H,5-12H2/t14-/m1/s1. The van der Waals surface area contributed by atoms with Gasteiger partial charge in [-0.3, -0.25) is 4.79 Å². The quantitative estimate of drug-likeness (QED) is 0.797. The largest absolute Gasteiger partial charge is 0.381 e. The van der Waals surface area contributed by atoms with Gasteiger partial charge in [-0.1, -0.05) is 12.1 Å². The number of likely N-dealkylation sites (tertiary alicyclic amines) is 1. The van der Waals surface area contributed by atoms with Gasteiger partial charge in [0.15, 0.2) is 9.84 Å². The Hall–Kier alpha value is -1.47. The number of hydrogen-bond acceptors (Lipinski definition) is 4. The number of amides is 1. The first-order chi connectivity index (χ1) is 11.9. The minimum absolute atomic E-state index is 0.00530. The Morgan fingerprint density at radius 2 is 1.92 bits per heavy atom. The van der Waals surface area contributed by atoms with E-state index in [1.165, 1.54) is 35.9 Å². The maximum Gasteiger partial charge on any atom is 0.256 e. The van der Waals surface area contributed by atoms with Gasteiger partial charge in [-0.05, 0) is 37.3 Å². The second-order valence-corrected chi connectivity index (χ2v) is 9.94. The number of sulfone groups is 1. The molecule has 1 amide bonds. The van der Waals surface area contributed by atoms with E-state index in [0.29, 0.717) is 25.6 Å². The van der Waals surface area contributed by atoms with Crippen LogP contribution in [0.25, 0.3) is 0 Å². The van der Waals surface area contributed by atoms with Crippen LogP contribution in [0, 0.1) is 17.7 Å². The van der Waals surface area contributed by atoms with Gasteiger partial charge in [0, 0.05) is 25.6 Å². The molecule has 0 N–H and O–H groups in total. The van der Waals surface area contributed by atoms with Crippen molar-refractivity contribution in [3.8, 4) is 0 Å². The predicted octanol–water partition coefficient (Wildman–Crippen LogP) is 1.88.